The molecule has 0 saturated heterocycles. The molecule has 0 amide bonds. The standard InChI is InChI=1S/C11H13BrIN3S/c1-3-14-10(7-4-9(13)17-6-7)11-8(12)5-15-16(11)2/h4-6,10,14H,3H2,1-2H3. The molecule has 3 nitrogen and oxygen atoms in total. The van der Waals surface area contributed by atoms with E-state index in [1.807, 2.05) is 17.9 Å². The van der Waals surface area contributed by atoms with Crippen LogP contribution in [0.3, 0.4) is 0 Å². The molecule has 2 heterocycles. The molecule has 0 aromatic carbocycles. The summed E-state index contributed by atoms with van der Waals surface area (Å²) in [5.41, 5.74) is 2.46. The molecular formula is C11H13BrIN3S. The Morgan fingerprint density at radius 3 is 2.88 bits per heavy atom. The summed E-state index contributed by atoms with van der Waals surface area (Å²) in [5, 5.41) is 9.99. The van der Waals surface area contributed by atoms with Crippen molar-refractivity contribution in [1.29, 1.82) is 0 Å². The Hall–Kier alpha value is 0.0800. The van der Waals surface area contributed by atoms with E-state index in [-0.39, 0.29) is 6.04 Å². The quantitative estimate of drug-likeness (QED) is 0.759. The van der Waals surface area contributed by atoms with Gasteiger partial charge in [-0.1, -0.05) is 6.92 Å². The summed E-state index contributed by atoms with van der Waals surface area (Å²) in [6.07, 6.45) is 1.84. The fourth-order valence-electron chi connectivity index (χ4n) is 1.80. The van der Waals surface area contributed by atoms with Gasteiger partial charge in [-0.05, 0) is 62.1 Å². The molecule has 0 aliphatic carbocycles. The third-order valence-electron chi connectivity index (χ3n) is 2.54. The van der Waals surface area contributed by atoms with Crippen molar-refractivity contribution in [2.75, 3.05) is 6.54 Å². The van der Waals surface area contributed by atoms with E-state index >= 15 is 0 Å². The van der Waals surface area contributed by atoms with Crippen LogP contribution in [0.2, 0.25) is 0 Å². The van der Waals surface area contributed by atoms with Crippen LogP contribution in [0.5, 0.6) is 0 Å². The molecule has 2 aromatic heterocycles. The van der Waals surface area contributed by atoms with E-state index in [2.05, 4.69) is 67.3 Å². The summed E-state index contributed by atoms with van der Waals surface area (Å²) in [7, 11) is 1.97. The lowest BCUT2D eigenvalue weighted by atomic mass is 10.1. The van der Waals surface area contributed by atoms with Crippen molar-refractivity contribution in [2.24, 2.45) is 7.05 Å². The number of aromatic nitrogens is 2. The molecule has 0 aliphatic heterocycles. The van der Waals surface area contributed by atoms with E-state index in [9.17, 15) is 0 Å². The van der Waals surface area contributed by atoms with Crippen molar-refractivity contribution in [1.82, 2.24) is 15.1 Å². The van der Waals surface area contributed by atoms with E-state index in [1.165, 1.54) is 14.1 Å². The molecule has 2 rings (SSSR count). The zero-order valence-corrected chi connectivity index (χ0v) is 14.1. The molecule has 1 atom stereocenters. The predicted molar refractivity (Wildman–Crippen MR) is 83.5 cm³/mol. The molecule has 17 heavy (non-hydrogen) atoms. The van der Waals surface area contributed by atoms with Gasteiger partial charge in [0.2, 0.25) is 0 Å². The first kappa shape index (κ1) is 13.5. The molecule has 92 valence electrons. The third kappa shape index (κ3) is 2.91. The molecular weight excluding hydrogens is 413 g/mol. The van der Waals surface area contributed by atoms with Crippen molar-refractivity contribution in [3.8, 4) is 0 Å². The van der Waals surface area contributed by atoms with Crippen molar-refractivity contribution < 1.29 is 0 Å². The van der Waals surface area contributed by atoms with Gasteiger partial charge >= 0.3 is 0 Å². The third-order valence-corrected chi connectivity index (χ3v) is 4.96. The molecule has 0 fully saturated rings. The highest BCUT2D eigenvalue weighted by molar-refractivity contribution is 14.1. The van der Waals surface area contributed by atoms with Gasteiger partial charge in [0.15, 0.2) is 0 Å². The summed E-state index contributed by atoms with van der Waals surface area (Å²) >= 11 is 7.69. The number of nitrogens with zero attached hydrogens (tertiary/aromatic N) is 2. The van der Waals surface area contributed by atoms with Crippen molar-refractivity contribution in [3.05, 3.63) is 36.3 Å². The molecule has 1 N–H and O–H groups in total. The number of nitrogens with one attached hydrogen (secondary N) is 1. The van der Waals surface area contributed by atoms with Crippen LogP contribution in [0.1, 0.15) is 24.2 Å². The van der Waals surface area contributed by atoms with Gasteiger partial charge in [0.1, 0.15) is 0 Å². The molecule has 1 unspecified atom stereocenters. The van der Waals surface area contributed by atoms with E-state index < -0.39 is 0 Å². The first-order chi connectivity index (χ1) is 8.13. The maximum atomic E-state index is 4.28. The second kappa shape index (κ2) is 5.81. The van der Waals surface area contributed by atoms with Crippen molar-refractivity contribution in [3.63, 3.8) is 0 Å². The van der Waals surface area contributed by atoms with E-state index in [0.29, 0.717) is 0 Å². The minimum atomic E-state index is 0.196. The van der Waals surface area contributed by atoms with Crippen molar-refractivity contribution >= 4 is 49.9 Å². The van der Waals surface area contributed by atoms with Crippen LogP contribution in [0.15, 0.2) is 22.1 Å². The van der Waals surface area contributed by atoms with Gasteiger partial charge in [0, 0.05) is 7.05 Å². The van der Waals surface area contributed by atoms with Crippen LogP contribution >= 0.6 is 49.9 Å². The first-order valence-electron chi connectivity index (χ1n) is 5.28. The maximum Gasteiger partial charge on any atom is 0.0768 e. The summed E-state index contributed by atoms with van der Waals surface area (Å²) in [5.74, 6) is 0. The molecule has 0 saturated carbocycles. The molecule has 2 aromatic rings. The Kier molecular flexibility index (Phi) is 4.62. The van der Waals surface area contributed by atoms with Gasteiger partial charge in [-0.2, -0.15) is 5.10 Å². The fourth-order valence-corrected chi connectivity index (χ4v) is 3.77. The Balaban J connectivity index is 2.42. The molecule has 0 spiro atoms. The summed E-state index contributed by atoms with van der Waals surface area (Å²) in [6.45, 7) is 3.04. The monoisotopic (exact) mass is 425 g/mol. The Bertz CT molecular complexity index is 489. The first-order valence-corrected chi connectivity index (χ1v) is 8.03. The highest BCUT2D eigenvalue weighted by atomic mass is 127. The van der Waals surface area contributed by atoms with Crippen LogP contribution in [-0.2, 0) is 7.05 Å². The summed E-state index contributed by atoms with van der Waals surface area (Å²) in [4.78, 5) is 0. The normalized spacial score (nSPS) is 12.9. The highest BCUT2D eigenvalue weighted by Gasteiger charge is 2.20. The second-order valence-corrected chi connectivity index (χ2v) is 7.34. The number of thiophene rings is 1. The van der Waals surface area contributed by atoms with Gasteiger partial charge in [0.05, 0.1) is 25.3 Å². The SMILES string of the molecule is CCNC(c1csc(I)c1)c1c(Br)cnn1C. The van der Waals surface area contributed by atoms with Crippen LogP contribution in [0.4, 0.5) is 0 Å². The van der Waals surface area contributed by atoms with Crippen molar-refractivity contribution in [2.45, 2.75) is 13.0 Å². The van der Waals surface area contributed by atoms with Gasteiger partial charge in [0.25, 0.3) is 0 Å². The Morgan fingerprint density at radius 1 is 1.65 bits per heavy atom. The number of aryl methyl sites for hydroxylation is 1. The zero-order chi connectivity index (χ0) is 12.4. The average molecular weight is 426 g/mol. The minimum absolute atomic E-state index is 0.196. The number of rotatable bonds is 4. The van der Waals surface area contributed by atoms with Crippen LogP contribution in [0.25, 0.3) is 0 Å². The second-order valence-electron chi connectivity index (χ2n) is 3.68. The average Bonchev–Trinajstić information content (AvgIpc) is 2.84. The number of hydrogen-bond donors (Lipinski definition) is 1. The lowest BCUT2D eigenvalue weighted by Gasteiger charge is -2.17. The molecule has 0 aliphatic rings. The largest absolute Gasteiger partial charge is 0.305 e. The Morgan fingerprint density at radius 2 is 2.41 bits per heavy atom. The van der Waals surface area contributed by atoms with Gasteiger partial charge in [-0.15, -0.1) is 11.3 Å². The molecule has 6 heteroatoms. The smallest absolute Gasteiger partial charge is 0.0768 e. The van der Waals surface area contributed by atoms with Gasteiger partial charge in [-0.3, -0.25) is 4.68 Å². The van der Waals surface area contributed by atoms with Gasteiger partial charge < -0.3 is 5.32 Å². The number of hydrogen-bond acceptors (Lipinski definition) is 3. The lowest BCUT2D eigenvalue weighted by molar-refractivity contribution is 0.572. The topological polar surface area (TPSA) is 29.9 Å². The highest BCUT2D eigenvalue weighted by Crippen LogP contribution is 2.31. The fraction of sp³-hybridized carbons (Fsp3) is 0.364. The lowest BCUT2D eigenvalue weighted by Crippen LogP contribution is -2.24. The summed E-state index contributed by atoms with van der Waals surface area (Å²) in [6, 6.07) is 2.42. The van der Waals surface area contributed by atoms with E-state index in [0.717, 1.165) is 11.0 Å². The Labute approximate surface area is 127 Å². The molecule has 0 radical (unpaired) electrons. The maximum absolute atomic E-state index is 4.28. The minimum Gasteiger partial charge on any atom is -0.305 e. The summed E-state index contributed by atoms with van der Waals surface area (Å²) < 4.78 is 4.27. The predicted octanol–water partition coefficient (Wildman–Crippen LogP) is 3.55. The number of halogens is 2. The van der Waals surface area contributed by atoms with Crippen LogP contribution < -0.4 is 5.32 Å². The van der Waals surface area contributed by atoms with E-state index in [4.69, 9.17) is 0 Å². The zero-order valence-electron chi connectivity index (χ0n) is 9.58. The van der Waals surface area contributed by atoms with E-state index in [1.54, 1.807) is 11.3 Å². The van der Waals surface area contributed by atoms with Gasteiger partial charge in [-0.25, -0.2) is 0 Å². The molecule has 0 bridgehead atoms. The van der Waals surface area contributed by atoms with Crippen LogP contribution in [-0.4, -0.2) is 16.3 Å². The van der Waals surface area contributed by atoms with Crippen LogP contribution in [0, 0.1) is 2.88 Å².